The fourth-order valence-corrected chi connectivity index (χ4v) is 2.24. The molecule has 0 spiro atoms. The molecule has 0 atom stereocenters. The molecule has 2 aromatic carbocycles. The minimum atomic E-state index is -0.868. The lowest BCUT2D eigenvalue weighted by Crippen LogP contribution is -2.04. The van der Waals surface area contributed by atoms with Gasteiger partial charge in [-0.05, 0) is 18.2 Å². The fraction of sp³-hybridized carbons (Fsp3) is 0.133. The van der Waals surface area contributed by atoms with E-state index in [1.807, 2.05) is 31.3 Å². The Hall–Kier alpha value is -2.43. The number of aryl methyl sites for hydroxylation is 1. The normalized spacial score (nSPS) is 10.9. The van der Waals surface area contributed by atoms with Gasteiger partial charge in [-0.15, -0.1) is 0 Å². The van der Waals surface area contributed by atoms with Gasteiger partial charge in [0.2, 0.25) is 0 Å². The van der Waals surface area contributed by atoms with Crippen LogP contribution in [0.5, 0.6) is 0 Å². The van der Waals surface area contributed by atoms with Gasteiger partial charge >= 0.3 is 0 Å². The summed E-state index contributed by atoms with van der Waals surface area (Å²) >= 11 is 0. The molecular weight excluding hydrogens is 260 g/mol. The van der Waals surface area contributed by atoms with Gasteiger partial charge in [0.1, 0.15) is 0 Å². The molecule has 3 rings (SSSR count). The molecule has 1 heterocycles. The molecule has 0 aliphatic heterocycles. The SMILES string of the molecule is Cn1nc(CNc2cccc(F)c2F)c2ccccc21. The molecular formula is C15H13F2N3. The van der Waals surface area contributed by atoms with Crippen molar-refractivity contribution in [3.63, 3.8) is 0 Å². The second-order valence-corrected chi connectivity index (χ2v) is 4.54. The van der Waals surface area contributed by atoms with Gasteiger partial charge in [0.25, 0.3) is 0 Å². The van der Waals surface area contributed by atoms with Crippen molar-refractivity contribution in [3.05, 3.63) is 59.8 Å². The van der Waals surface area contributed by atoms with Crippen LogP contribution < -0.4 is 5.32 Å². The van der Waals surface area contributed by atoms with E-state index in [9.17, 15) is 8.78 Å². The monoisotopic (exact) mass is 273 g/mol. The standard InChI is InChI=1S/C15H13F2N3/c1-20-14-8-3-2-5-10(14)13(19-20)9-18-12-7-4-6-11(16)15(12)17/h2-8,18H,9H2,1H3. The zero-order chi connectivity index (χ0) is 14.1. The van der Waals surface area contributed by atoms with Crippen LogP contribution in [-0.2, 0) is 13.6 Å². The van der Waals surface area contributed by atoms with Crippen LogP contribution in [0.2, 0.25) is 0 Å². The Morgan fingerprint density at radius 1 is 1.10 bits per heavy atom. The van der Waals surface area contributed by atoms with Gasteiger partial charge in [-0.1, -0.05) is 24.3 Å². The van der Waals surface area contributed by atoms with E-state index in [2.05, 4.69) is 10.4 Å². The quantitative estimate of drug-likeness (QED) is 0.792. The number of nitrogens with one attached hydrogen (secondary N) is 1. The Morgan fingerprint density at radius 3 is 2.75 bits per heavy atom. The van der Waals surface area contributed by atoms with Crippen LogP contribution in [0, 0.1) is 11.6 Å². The van der Waals surface area contributed by atoms with E-state index >= 15 is 0 Å². The Bertz CT molecular complexity index is 765. The first-order chi connectivity index (χ1) is 9.66. The zero-order valence-corrected chi connectivity index (χ0v) is 10.9. The largest absolute Gasteiger partial charge is 0.377 e. The first kappa shape index (κ1) is 12.6. The lowest BCUT2D eigenvalue weighted by atomic mass is 10.2. The number of halogens is 2. The van der Waals surface area contributed by atoms with Crippen LogP contribution in [-0.4, -0.2) is 9.78 Å². The molecule has 0 amide bonds. The number of nitrogens with zero attached hydrogens (tertiary/aromatic N) is 2. The summed E-state index contributed by atoms with van der Waals surface area (Å²) in [6.07, 6.45) is 0. The summed E-state index contributed by atoms with van der Waals surface area (Å²) in [7, 11) is 1.86. The van der Waals surface area contributed by atoms with Gasteiger partial charge in [0, 0.05) is 12.4 Å². The molecule has 5 heteroatoms. The molecule has 0 aliphatic carbocycles. The first-order valence-electron chi connectivity index (χ1n) is 6.25. The molecule has 0 saturated heterocycles. The van der Waals surface area contributed by atoms with E-state index in [0.29, 0.717) is 6.54 Å². The molecule has 0 radical (unpaired) electrons. The Balaban J connectivity index is 1.89. The average molecular weight is 273 g/mol. The van der Waals surface area contributed by atoms with E-state index in [-0.39, 0.29) is 5.69 Å². The predicted molar refractivity (Wildman–Crippen MR) is 74.4 cm³/mol. The third kappa shape index (κ3) is 2.11. The molecule has 20 heavy (non-hydrogen) atoms. The second kappa shape index (κ2) is 4.92. The lowest BCUT2D eigenvalue weighted by molar-refractivity contribution is 0.511. The second-order valence-electron chi connectivity index (χ2n) is 4.54. The van der Waals surface area contributed by atoms with Crippen LogP contribution in [0.25, 0.3) is 10.9 Å². The Labute approximate surface area is 114 Å². The molecule has 0 fully saturated rings. The van der Waals surface area contributed by atoms with Crippen molar-refractivity contribution in [2.75, 3.05) is 5.32 Å². The van der Waals surface area contributed by atoms with Crippen molar-refractivity contribution in [2.24, 2.45) is 7.05 Å². The molecule has 1 N–H and O–H groups in total. The van der Waals surface area contributed by atoms with Crippen molar-refractivity contribution in [2.45, 2.75) is 6.54 Å². The lowest BCUT2D eigenvalue weighted by Gasteiger charge is -2.06. The highest BCUT2D eigenvalue weighted by atomic mass is 19.2. The van der Waals surface area contributed by atoms with Crippen molar-refractivity contribution in [1.82, 2.24) is 9.78 Å². The number of benzene rings is 2. The molecule has 3 aromatic rings. The van der Waals surface area contributed by atoms with Crippen LogP contribution in [0.3, 0.4) is 0 Å². The van der Waals surface area contributed by atoms with Crippen LogP contribution >= 0.6 is 0 Å². The Kier molecular flexibility index (Phi) is 3.10. The summed E-state index contributed by atoms with van der Waals surface area (Å²) in [5.41, 5.74) is 1.94. The van der Waals surface area contributed by atoms with Crippen LogP contribution in [0.1, 0.15) is 5.69 Å². The van der Waals surface area contributed by atoms with Gasteiger partial charge < -0.3 is 5.32 Å². The summed E-state index contributed by atoms with van der Waals surface area (Å²) in [5.74, 6) is -1.73. The number of para-hydroxylation sites is 1. The first-order valence-corrected chi connectivity index (χ1v) is 6.25. The van der Waals surface area contributed by atoms with Gasteiger partial charge in [-0.2, -0.15) is 5.10 Å². The summed E-state index contributed by atoms with van der Waals surface area (Å²) in [6, 6.07) is 11.9. The highest BCUT2D eigenvalue weighted by molar-refractivity contribution is 5.82. The summed E-state index contributed by atoms with van der Waals surface area (Å²) in [5, 5.41) is 8.28. The molecule has 1 aromatic heterocycles. The summed E-state index contributed by atoms with van der Waals surface area (Å²) < 4.78 is 28.5. The Morgan fingerprint density at radius 2 is 1.90 bits per heavy atom. The summed E-state index contributed by atoms with van der Waals surface area (Å²) in [6.45, 7) is 0.335. The van der Waals surface area contributed by atoms with E-state index < -0.39 is 11.6 Å². The predicted octanol–water partition coefficient (Wildman–Crippen LogP) is 3.46. The topological polar surface area (TPSA) is 29.9 Å². The molecule has 0 saturated carbocycles. The van der Waals surface area contributed by atoms with E-state index in [1.54, 1.807) is 4.68 Å². The summed E-state index contributed by atoms with van der Waals surface area (Å²) in [4.78, 5) is 0. The van der Waals surface area contributed by atoms with Crippen molar-refractivity contribution in [1.29, 1.82) is 0 Å². The smallest absolute Gasteiger partial charge is 0.181 e. The maximum atomic E-state index is 13.6. The maximum absolute atomic E-state index is 13.6. The van der Waals surface area contributed by atoms with Crippen molar-refractivity contribution >= 4 is 16.6 Å². The molecule has 0 aliphatic rings. The third-order valence-electron chi connectivity index (χ3n) is 3.23. The van der Waals surface area contributed by atoms with Gasteiger partial charge in [-0.25, -0.2) is 8.78 Å². The van der Waals surface area contributed by atoms with Crippen molar-refractivity contribution < 1.29 is 8.78 Å². The van der Waals surface area contributed by atoms with Gasteiger partial charge in [0.05, 0.1) is 23.4 Å². The molecule has 3 nitrogen and oxygen atoms in total. The van der Waals surface area contributed by atoms with E-state index in [0.717, 1.165) is 22.7 Å². The average Bonchev–Trinajstić information content (AvgIpc) is 2.78. The number of aromatic nitrogens is 2. The molecule has 102 valence electrons. The number of hydrogen-bond donors (Lipinski definition) is 1. The van der Waals surface area contributed by atoms with Crippen LogP contribution in [0.4, 0.5) is 14.5 Å². The minimum absolute atomic E-state index is 0.139. The number of fused-ring (bicyclic) bond motifs is 1. The number of anilines is 1. The number of hydrogen-bond acceptors (Lipinski definition) is 2. The van der Waals surface area contributed by atoms with Gasteiger partial charge in [0.15, 0.2) is 11.6 Å². The fourth-order valence-electron chi connectivity index (χ4n) is 2.24. The number of rotatable bonds is 3. The minimum Gasteiger partial charge on any atom is -0.377 e. The zero-order valence-electron chi connectivity index (χ0n) is 10.9. The van der Waals surface area contributed by atoms with Gasteiger partial charge in [-0.3, -0.25) is 4.68 Å². The van der Waals surface area contributed by atoms with E-state index in [4.69, 9.17) is 0 Å². The molecule has 0 bridgehead atoms. The highest BCUT2D eigenvalue weighted by Crippen LogP contribution is 2.21. The van der Waals surface area contributed by atoms with E-state index in [1.165, 1.54) is 12.1 Å². The van der Waals surface area contributed by atoms with Crippen molar-refractivity contribution in [3.8, 4) is 0 Å². The molecule has 0 unspecified atom stereocenters. The van der Waals surface area contributed by atoms with Crippen LogP contribution in [0.15, 0.2) is 42.5 Å². The third-order valence-corrected chi connectivity index (χ3v) is 3.23. The maximum Gasteiger partial charge on any atom is 0.181 e. The highest BCUT2D eigenvalue weighted by Gasteiger charge is 2.10.